The predicted octanol–water partition coefficient (Wildman–Crippen LogP) is 5.06. The number of rotatable bonds is 6. The molecule has 3 unspecified atom stereocenters. The van der Waals surface area contributed by atoms with Crippen LogP contribution in [0.1, 0.15) is 59.8 Å². The van der Waals surface area contributed by atoms with E-state index in [0.29, 0.717) is 11.5 Å². The zero-order valence-electron chi connectivity index (χ0n) is 14.5. The zero-order chi connectivity index (χ0) is 16.5. The molecule has 0 fully saturated rings. The molecule has 2 nitrogen and oxygen atoms in total. The first-order valence-corrected chi connectivity index (χ1v) is 8.39. The Labute approximate surface area is 135 Å². The van der Waals surface area contributed by atoms with Crippen LogP contribution in [0.4, 0.5) is 0 Å². The van der Waals surface area contributed by atoms with Gasteiger partial charge in [0.1, 0.15) is 12.6 Å². The van der Waals surface area contributed by atoms with E-state index in [-0.39, 0.29) is 11.8 Å². The lowest BCUT2D eigenvalue weighted by molar-refractivity contribution is -0.114. The molecule has 0 aromatic carbocycles. The molecule has 1 rings (SSSR count). The molecular weight excluding hydrogens is 272 g/mol. The molecule has 22 heavy (non-hydrogen) atoms. The van der Waals surface area contributed by atoms with Gasteiger partial charge in [-0.15, -0.1) is 0 Å². The van der Waals surface area contributed by atoms with E-state index in [1.54, 1.807) is 0 Å². The van der Waals surface area contributed by atoms with E-state index in [1.165, 1.54) is 11.1 Å². The molecule has 0 aromatic heterocycles. The summed E-state index contributed by atoms with van der Waals surface area (Å²) in [5, 5.41) is 0. The van der Waals surface area contributed by atoms with Crippen molar-refractivity contribution in [3.8, 4) is 0 Å². The highest BCUT2D eigenvalue weighted by Crippen LogP contribution is 2.34. The second-order valence-electron chi connectivity index (χ2n) is 6.81. The highest BCUT2D eigenvalue weighted by Gasteiger charge is 2.29. The molecule has 0 radical (unpaired) electrons. The Hall–Kier alpha value is -1.44. The highest BCUT2D eigenvalue weighted by atomic mass is 16.1. The Morgan fingerprint density at radius 2 is 2.05 bits per heavy atom. The van der Waals surface area contributed by atoms with Crippen LogP contribution in [0.3, 0.4) is 0 Å². The van der Waals surface area contributed by atoms with Crippen LogP contribution in [0.25, 0.3) is 0 Å². The monoisotopic (exact) mass is 302 g/mol. The summed E-state index contributed by atoms with van der Waals surface area (Å²) in [6, 6.07) is 0. The van der Waals surface area contributed by atoms with Gasteiger partial charge in [0.2, 0.25) is 0 Å². The van der Waals surface area contributed by atoms with Gasteiger partial charge < -0.3 is 4.79 Å². The minimum absolute atomic E-state index is 0.251. The van der Waals surface area contributed by atoms with Crippen molar-refractivity contribution in [2.45, 2.75) is 59.8 Å². The minimum Gasteiger partial charge on any atom is -0.303 e. The van der Waals surface area contributed by atoms with Crippen molar-refractivity contribution in [1.82, 2.24) is 0 Å². The average molecular weight is 302 g/mol. The van der Waals surface area contributed by atoms with Gasteiger partial charge in [0.05, 0.1) is 0 Å². The van der Waals surface area contributed by atoms with Gasteiger partial charge in [0.15, 0.2) is 0 Å². The molecule has 0 spiro atoms. The summed E-state index contributed by atoms with van der Waals surface area (Å²) in [5.41, 5.74) is 3.36. The lowest BCUT2D eigenvalue weighted by Crippen LogP contribution is -2.25. The van der Waals surface area contributed by atoms with Gasteiger partial charge in [0, 0.05) is 5.92 Å². The van der Waals surface area contributed by atoms with Gasteiger partial charge in [-0.1, -0.05) is 36.3 Å². The van der Waals surface area contributed by atoms with E-state index >= 15 is 0 Å². The second kappa shape index (κ2) is 9.55. The summed E-state index contributed by atoms with van der Waals surface area (Å²) >= 11 is 0. The first-order chi connectivity index (χ1) is 10.5. The van der Waals surface area contributed by atoms with Gasteiger partial charge in [-0.25, -0.2) is 0 Å². The largest absolute Gasteiger partial charge is 0.303 e. The number of carbonyl (C=O) groups is 2. The molecule has 122 valence electrons. The zero-order valence-corrected chi connectivity index (χ0v) is 14.5. The molecular formula is C20H30O2. The molecule has 0 bridgehead atoms. The van der Waals surface area contributed by atoms with Crippen LogP contribution < -0.4 is 0 Å². The Balaban J connectivity index is 2.93. The molecule has 2 heteroatoms. The van der Waals surface area contributed by atoms with Gasteiger partial charge in [-0.05, 0) is 70.3 Å². The summed E-state index contributed by atoms with van der Waals surface area (Å²) in [7, 11) is 0. The third-order valence-electron chi connectivity index (χ3n) is 4.73. The Kier molecular flexibility index (Phi) is 8.08. The van der Waals surface area contributed by atoms with Crippen LogP contribution in [-0.2, 0) is 9.59 Å². The van der Waals surface area contributed by atoms with Crippen molar-refractivity contribution >= 4 is 12.6 Å². The minimum atomic E-state index is -0.251. The summed E-state index contributed by atoms with van der Waals surface area (Å²) in [5.74, 6) is 0.430. The maximum atomic E-state index is 11.7. The van der Waals surface area contributed by atoms with E-state index in [9.17, 15) is 9.59 Å². The molecule has 0 N–H and O–H groups in total. The van der Waals surface area contributed by atoms with Gasteiger partial charge >= 0.3 is 0 Å². The molecule has 1 aliphatic carbocycles. The molecule has 0 aliphatic heterocycles. The first-order valence-electron chi connectivity index (χ1n) is 8.39. The van der Waals surface area contributed by atoms with E-state index < -0.39 is 0 Å². The molecule has 0 heterocycles. The number of allylic oxidation sites excluding steroid dienone is 6. The van der Waals surface area contributed by atoms with E-state index in [2.05, 4.69) is 39.8 Å². The highest BCUT2D eigenvalue weighted by molar-refractivity contribution is 5.81. The molecule has 0 saturated heterocycles. The SMILES string of the molecule is CC(C)=CCCC(C)C1CCC(C)=CCC=C(C=O)C1C=O. The number of aldehydes is 2. The Morgan fingerprint density at radius 1 is 1.32 bits per heavy atom. The Morgan fingerprint density at radius 3 is 2.64 bits per heavy atom. The molecule has 3 atom stereocenters. The number of hydrogen-bond acceptors (Lipinski definition) is 2. The summed E-state index contributed by atoms with van der Waals surface area (Å²) in [4.78, 5) is 23.1. The Bertz CT molecular complexity index is 464. The van der Waals surface area contributed by atoms with E-state index in [0.717, 1.165) is 44.7 Å². The molecule has 0 amide bonds. The van der Waals surface area contributed by atoms with Gasteiger partial charge in [0.25, 0.3) is 0 Å². The lowest BCUT2D eigenvalue weighted by Gasteiger charge is -2.29. The molecule has 0 saturated carbocycles. The summed E-state index contributed by atoms with van der Waals surface area (Å²) in [6.07, 6.45) is 13.1. The van der Waals surface area contributed by atoms with E-state index in [1.807, 2.05) is 6.08 Å². The van der Waals surface area contributed by atoms with Gasteiger partial charge in [-0.2, -0.15) is 0 Å². The predicted molar refractivity (Wildman–Crippen MR) is 92.6 cm³/mol. The normalized spacial score (nSPS) is 24.0. The fraction of sp³-hybridized carbons (Fsp3) is 0.600. The quantitative estimate of drug-likeness (QED) is 0.508. The van der Waals surface area contributed by atoms with Crippen molar-refractivity contribution < 1.29 is 9.59 Å². The van der Waals surface area contributed by atoms with Crippen molar-refractivity contribution in [1.29, 1.82) is 0 Å². The lowest BCUT2D eigenvalue weighted by atomic mass is 9.75. The van der Waals surface area contributed by atoms with Crippen LogP contribution in [0, 0.1) is 17.8 Å². The van der Waals surface area contributed by atoms with Crippen molar-refractivity contribution in [2.24, 2.45) is 17.8 Å². The van der Waals surface area contributed by atoms with Gasteiger partial charge in [-0.3, -0.25) is 4.79 Å². The maximum Gasteiger partial charge on any atom is 0.146 e. The van der Waals surface area contributed by atoms with Crippen LogP contribution in [0.2, 0.25) is 0 Å². The summed E-state index contributed by atoms with van der Waals surface area (Å²) in [6.45, 7) is 8.58. The molecule has 1 aliphatic rings. The number of carbonyl (C=O) groups excluding carboxylic acids is 2. The first kappa shape index (κ1) is 18.6. The van der Waals surface area contributed by atoms with Crippen molar-refractivity contribution in [3.05, 3.63) is 34.9 Å². The third-order valence-corrected chi connectivity index (χ3v) is 4.73. The van der Waals surface area contributed by atoms with Crippen LogP contribution in [0.5, 0.6) is 0 Å². The van der Waals surface area contributed by atoms with Crippen LogP contribution in [-0.4, -0.2) is 12.6 Å². The third kappa shape index (κ3) is 5.75. The standard InChI is InChI=1S/C20H30O2/c1-15(2)7-5-9-17(4)19-12-11-16(3)8-6-10-18(13-21)20(19)14-22/h7-8,10,13-14,17,19-20H,5-6,9,11-12H2,1-4H3. The van der Waals surface area contributed by atoms with Crippen molar-refractivity contribution in [2.75, 3.05) is 0 Å². The fourth-order valence-corrected chi connectivity index (χ4v) is 3.25. The second-order valence-corrected chi connectivity index (χ2v) is 6.81. The van der Waals surface area contributed by atoms with Crippen LogP contribution in [0.15, 0.2) is 34.9 Å². The molecule has 0 aromatic rings. The summed E-state index contributed by atoms with van der Waals surface area (Å²) < 4.78 is 0. The fourth-order valence-electron chi connectivity index (χ4n) is 3.25. The topological polar surface area (TPSA) is 34.1 Å². The maximum absolute atomic E-state index is 11.7. The smallest absolute Gasteiger partial charge is 0.146 e. The van der Waals surface area contributed by atoms with Crippen molar-refractivity contribution in [3.63, 3.8) is 0 Å². The van der Waals surface area contributed by atoms with Crippen LogP contribution >= 0.6 is 0 Å². The average Bonchev–Trinajstić information content (AvgIpc) is 2.55. The number of hydrogen-bond donors (Lipinski definition) is 0. The van der Waals surface area contributed by atoms with E-state index in [4.69, 9.17) is 0 Å².